The first-order chi connectivity index (χ1) is 17.3. The van der Waals surface area contributed by atoms with Gasteiger partial charge in [-0.2, -0.15) is 13.2 Å². The second-order valence-corrected chi connectivity index (χ2v) is 9.07. The molecular formula is C26H19F3N4O2S. The number of amidine groups is 2. The number of hydrogen-bond donors (Lipinski definition) is 1. The number of carbonyl (C=O) groups excluding carboxylic acids is 2. The third kappa shape index (κ3) is 4.76. The largest absolute Gasteiger partial charge is 0.418 e. The highest BCUT2D eigenvalue weighted by atomic mass is 32.2. The van der Waals surface area contributed by atoms with Gasteiger partial charge >= 0.3 is 6.18 Å². The number of para-hydroxylation sites is 2. The highest BCUT2D eigenvalue weighted by Gasteiger charge is 2.41. The third-order valence-corrected chi connectivity index (χ3v) is 6.60. The van der Waals surface area contributed by atoms with Gasteiger partial charge in [-0.05, 0) is 29.8 Å². The van der Waals surface area contributed by atoms with Crippen LogP contribution in [-0.4, -0.2) is 39.5 Å². The van der Waals surface area contributed by atoms with E-state index in [2.05, 4.69) is 15.3 Å². The molecular weight excluding hydrogens is 489 g/mol. The van der Waals surface area contributed by atoms with E-state index in [4.69, 9.17) is 0 Å². The van der Waals surface area contributed by atoms with Crippen LogP contribution in [-0.2, 0) is 22.2 Å². The standard InChI is InChI=1S/C26H19F3N4O2S/c27-26(28,29)18-11-5-7-13-20(18)30-22(34)15-36-25-32-19-12-6-4-10-17(19)23-31-21(24(35)33(23)25)14-16-8-2-1-3-9-16/h1-13,21H,14-15H2,(H,30,34)/t21-/m0/s1. The molecule has 2 aliphatic heterocycles. The number of benzene rings is 3. The van der Waals surface area contributed by atoms with E-state index >= 15 is 0 Å². The van der Waals surface area contributed by atoms with E-state index in [-0.39, 0.29) is 22.5 Å². The number of nitrogens with zero attached hydrogens (tertiary/aromatic N) is 3. The number of anilines is 1. The molecule has 0 saturated heterocycles. The number of nitrogens with one attached hydrogen (secondary N) is 1. The average molecular weight is 509 g/mol. The molecule has 0 bridgehead atoms. The van der Waals surface area contributed by atoms with Crippen molar-refractivity contribution in [2.24, 2.45) is 9.98 Å². The van der Waals surface area contributed by atoms with Crippen molar-refractivity contribution in [3.05, 3.63) is 95.6 Å². The van der Waals surface area contributed by atoms with Crippen LogP contribution in [0.1, 0.15) is 16.7 Å². The molecule has 6 nitrogen and oxygen atoms in total. The maximum Gasteiger partial charge on any atom is 0.418 e. The molecule has 10 heteroatoms. The number of hydrogen-bond acceptors (Lipinski definition) is 5. The van der Waals surface area contributed by atoms with E-state index in [1.54, 1.807) is 12.1 Å². The SMILES string of the molecule is O=C(CSC1=Nc2ccccc2C2=N[C@@H](Cc3ccccc3)C(=O)N12)Nc1ccccc1C(F)(F)F. The predicted molar refractivity (Wildman–Crippen MR) is 133 cm³/mol. The zero-order valence-electron chi connectivity index (χ0n) is 18.7. The van der Waals surface area contributed by atoms with Crippen molar-refractivity contribution in [3.8, 4) is 0 Å². The number of amides is 2. The molecule has 2 amide bonds. The fraction of sp³-hybridized carbons (Fsp3) is 0.154. The van der Waals surface area contributed by atoms with Crippen molar-refractivity contribution >= 4 is 46.0 Å². The fourth-order valence-electron chi connectivity index (χ4n) is 4.02. The van der Waals surface area contributed by atoms with E-state index in [0.717, 1.165) is 23.4 Å². The van der Waals surface area contributed by atoms with Crippen LogP contribution >= 0.6 is 11.8 Å². The molecule has 5 rings (SSSR count). The molecule has 2 aliphatic rings. The third-order valence-electron chi connectivity index (χ3n) is 5.66. The molecule has 0 unspecified atom stereocenters. The van der Waals surface area contributed by atoms with Crippen molar-refractivity contribution in [3.63, 3.8) is 0 Å². The lowest BCUT2D eigenvalue weighted by atomic mass is 10.1. The van der Waals surface area contributed by atoms with E-state index in [0.29, 0.717) is 23.5 Å². The summed E-state index contributed by atoms with van der Waals surface area (Å²) >= 11 is 0.971. The normalized spacial score (nSPS) is 16.7. The molecule has 0 spiro atoms. The Morgan fingerprint density at radius 3 is 2.44 bits per heavy atom. The zero-order valence-corrected chi connectivity index (χ0v) is 19.5. The topological polar surface area (TPSA) is 74.1 Å². The number of carbonyl (C=O) groups is 2. The lowest BCUT2D eigenvalue weighted by molar-refractivity contribution is -0.137. The van der Waals surface area contributed by atoms with Gasteiger partial charge in [0.15, 0.2) is 5.17 Å². The summed E-state index contributed by atoms with van der Waals surface area (Å²) in [6, 6.07) is 20.9. The Bertz CT molecular complexity index is 1390. The molecule has 3 aromatic carbocycles. The lowest BCUT2D eigenvalue weighted by Gasteiger charge is -2.25. The van der Waals surface area contributed by atoms with Crippen molar-refractivity contribution in [2.45, 2.75) is 18.6 Å². The number of fused-ring (bicyclic) bond motifs is 3. The van der Waals surface area contributed by atoms with Crippen molar-refractivity contribution < 1.29 is 22.8 Å². The maximum absolute atomic E-state index is 13.3. The Balaban J connectivity index is 1.36. The van der Waals surface area contributed by atoms with Crippen LogP contribution < -0.4 is 5.32 Å². The summed E-state index contributed by atoms with van der Waals surface area (Å²) < 4.78 is 39.8. The summed E-state index contributed by atoms with van der Waals surface area (Å²) in [6.45, 7) is 0. The first kappa shape index (κ1) is 23.8. The average Bonchev–Trinajstić information content (AvgIpc) is 3.19. The van der Waals surface area contributed by atoms with Crippen LogP contribution in [0.3, 0.4) is 0 Å². The minimum Gasteiger partial charge on any atom is -0.325 e. The highest BCUT2D eigenvalue weighted by molar-refractivity contribution is 8.14. The molecule has 0 fully saturated rings. The molecule has 0 saturated carbocycles. The molecule has 0 aromatic heterocycles. The Kier molecular flexibility index (Phi) is 6.36. The quantitative estimate of drug-likeness (QED) is 0.510. The van der Waals surface area contributed by atoms with Crippen LogP contribution in [0, 0.1) is 0 Å². The summed E-state index contributed by atoms with van der Waals surface area (Å²) in [5.74, 6) is -0.702. The summed E-state index contributed by atoms with van der Waals surface area (Å²) in [5, 5.41) is 2.58. The molecule has 36 heavy (non-hydrogen) atoms. The molecule has 2 heterocycles. The smallest absolute Gasteiger partial charge is 0.325 e. The van der Waals surface area contributed by atoms with Gasteiger partial charge in [0.25, 0.3) is 5.91 Å². The van der Waals surface area contributed by atoms with E-state index in [1.807, 2.05) is 42.5 Å². The first-order valence-electron chi connectivity index (χ1n) is 11.0. The monoisotopic (exact) mass is 508 g/mol. The number of rotatable bonds is 5. The van der Waals surface area contributed by atoms with E-state index in [9.17, 15) is 22.8 Å². The Morgan fingerprint density at radius 1 is 0.972 bits per heavy atom. The first-order valence-corrected chi connectivity index (χ1v) is 12.0. The van der Waals surface area contributed by atoms with Crippen LogP contribution in [0.5, 0.6) is 0 Å². The van der Waals surface area contributed by atoms with Gasteiger partial charge in [-0.15, -0.1) is 0 Å². The minimum atomic E-state index is -4.60. The van der Waals surface area contributed by atoms with E-state index in [1.165, 1.54) is 23.1 Å². The van der Waals surface area contributed by atoms with Gasteiger partial charge in [0, 0.05) is 12.0 Å². The van der Waals surface area contributed by atoms with Crippen LogP contribution in [0.4, 0.5) is 24.5 Å². The number of thioether (sulfide) groups is 1. The van der Waals surface area contributed by atoms with Gasteiger partial charge in [-0.3, -0.25) is 14.6 Å². The Hall–Kier alpha value is -3.92. The molecule has 1 atom stereocenters. The molecule has 0 radical (unpaired) electrons. The molecule has 182 valence electrons. The Labute approximate surface area is 208 Å². The van der Waals surface area contributed by atoms with Gasteiger partial charge in [0.05, 0.1) is 22.7 Å². The van der Waals surface area contributed by atoms with Gasteiger partial charge in [-0.25, -0.2) is 9.89 Å². The van der Waals surface area contributed by atoms with Gasteiger partial charge in [0.1, 0.15) is 11.9 Å². The predicted octanol–water partition coefficient (Wildman–Crippen LogP) is 5.28. The number of halogens is 3. The molecule has 3 aromatic rings. The van der Waals surface area contributed by atoms with E-state index < -0.39 is 23.7 Å². The van der Waals surface area contributed by atoms with Crippen LogP contribution in [0.25, 0.3) is 0 Å². The maximum atomic E-state index is 13.3. The summed E-state index contributed by atoms with van der Waals surface area (Å²) in [5.41, 5.74) is 1.01. The second-order valence-electron chi connectivity index (χ2n) is 8.12. The van der Waals surface area contributed by atoms with Crippen LogP contribution in [0.2, 0.25) is 0 Å². The minimum absolute atomic E-state index is 0.242. The summed E-state index contributed by atoms with van der Waals surface area (Å²) in [4.78, 5) is 36.6. The Morgan fingerprint density at radius 2 is 1.67 bits per heavy atom. The second kappa shape index (κ2) is 9.62. The zero-order chi connectivity index (χ0) is 25.3. The molecule has 0 aliphatic carbocycles. The van der Waals surface area contributed by atoms with Gasteiger partial charge in [0.2, 0.25) is 5.91 Å². The summed E-state index contributed by atoms with van der Waals surface area (Å²) in [6.07, 6.45) is -4.19. The molecule has 1 N–H and O–H groups in total. The number of alkyl halides is 3. The van der Waals surface area contributed by atoms with Crippen LogP contribution in [0.15, 0.2) is 88.8 Å². The fourth-order valence-corrected chi connectivity index (χ4v) is 4.83. The number of aliphatic imine (C=N–C) groups is 2. The van der Waals surface area contributed by atoms with Crippen molar-refractivity contribution in [2.75, 3.05) is 11.1 Å². The van der Waals surface area contributed by atoms with Crippen molar-refractivity contribution in [1.82, 2.24) is 4.90 Å². The van der Waals surface area contributed by atoms with Gasteiger partial charge in [-0.1, -0.05) is 66.4 Å². The van der Waals surface area contributed by atoms with Crippen molar-refractivity contribution in [1.29, 1.82) is 0 Å². The van der Waals surface area contributed by atoms with Gasteiger partial charge < -0.3 is 5.32 Å². The summed E-state index contributed by atoms with van der Waals surface area (Å²) in [7, 11) is 0. The highest BCUT2D eigenvalue weighted by Crippen LogP contribution is 2.36. The lowest BCUT2D eigenvalue weighted by Crippen LogP contribution is -2.41.